The highest BCUT2D eigenvalue weighted by Gasteiger charge is 2.25. The van der Waals surface area contributed by atoms with E-state index in [0.717, 1.165) is 17.7 Å². The molecular formula is C17H20ClNO. The van der Waals surface area contributed by atoms with Crippen molar-refractivity contribution in [2.75, 3.05) is 11.9 Å². The molecule has 2 rings (SSSR count). The van der Waals surface area contributed by atoms with E-state index in [1.54, 1.807) is 0 Å². The lowest BCUT2D eigenvalue weighted by molar-refractivity contribution is 0.224. The lowest BCUT2D eigenvalue weighted by Gasteiger charge is -2.31. The fourth-order valence-corrected chi connectivity index (χ4v) is 2.39. The number of anilines is 1. The van der Waals surface area contributed by atoms with Gasteiger partial charge in [-0.1, -0.05) is 48.9 Å². The number of aliphatic hydroxyl groups excluding tert-OH is 1. The molecular weight excluding hydrogens is 270 g/mol. The predicted molar refractivity (Wildman–Crippen MR) is 85.3 cm³/mol. The highest BCUT2D eigenvalue weighted by Crippen LogP contribution is 2.27. The van der Waals surface area contributed by atoms with Crippen molar-refractivity contribution in [1.29, 1.82) is 0 Å². The van der Waals surface area contributed by atoms with Gasteiger partial charge in [0, 0.05) is 10.7 Å². The van der Waals surface area contributed by atoms with Crippen LogP contribution in [0.2, 0.25) is 5.02 Å². The molecule has 1 atom stereocenters. The van der Waals surface area contributed by atoms with Crippen LogP contribution in [0.25, 0.3) is 0 Å². The molecule has 0 aliphatic heterocycles. The van der Waals surface area contributed by atoms with Gasteiger partial charge in [-0.15, -0.1) is 0 Å². The van der Waals surface area contributed by atoms with Crippen molar-refractivity contribution >= 4 is 17.3 Å². The van der Waals surface area contributed by atoms with Crippen LogP contribution >= 0.6 is 11.6 Å². The maximum absolute atomic E-state index is 9.80. The smallest absolute Gasteiger partial charge is 0.0828 e. The largest absolute Gasteiger partial charge is 0.394 e. The summed E-state index contributed by atoms with van der Waals surface area (Å²) < 4.78 is 0. The average Bonchev–Trinajstić information content (AvgIpc) is 2.47. The highest BCUT2D eigenvalue weighted by atomic mass is 35.5. The van der Waals surface area contributed by atoms with E-state index in [9.17, 15) is 5.11 Å². The third kappa shape index (κ3) is 3.33. The Bertz CT molecular complexity index is 567. The molecule has 0 fully saturated rings. The number of halogens is 1. The van der Waals surface area contributed by atoms with Crippen LogP contribution in [-0.2, 0) is 12.0 Å². The number of nitrogens with one attached hydrogen (secondary N) is 1. The van der Waals surface area contributed by atoms with E-state index in [4.69, 9.17) is 11.6 Å². The molecule has 0 aliphatic carbocycles. The Kier molecular flexibility index (Phi) is 4.69. The van der Waals surface area contributed by atoms with E-state index >= 15 is 0 Å². The summed E-state index contributed by atoms with van der Waals surface area (Å²) in [6.07, 6.45) is 1.01. The summed E-state index contributed by atoms with van der Waals surface area (Å²) in [5.74, 6) is 0. The zero-order chi connectivity index (χ0) is 14.6. The van der Waals surface area contributed by atoms with Crippen molar-refractivity contribution in [3.63, 3.8) is 0 Å². The third-order valence-corrected chi connectivity index (χ3v) is 3.80. The summed E-state index contributed by atoms with van der Waals surface area (Å²) in [6.45, 7) is 4.12. The molecule has 0 saturated carbocycles. The van der Waals surface area contributed by atoms with Crippen LogP contribution in [0.5, 0.6) is 0 Å². The van der Waals surface area contributed by atoms with Gasteiger partial charge in [-0.3, -0.25) is 0 Å². The fourth-order valence-electron chi connectivity index (χ4n) is 2.20. The molecule has 0 aromatic heterocycles. The highest BCUT2D eigenvalue weighted by molar-refractivity contribution is 6.30. The monoisotopic (exact) mass is 289 g/mol. The maximum atomic E-state index is 9.80. The second kappa shape index (κ2) is 6.29. The van der Waals surface area contributed by atoms with Crippen LogP contribution in [0.15, 0.2) is 48.5 Å². The summed E-state index contributed by atoms with van der Waals surface area (Å²) in [7, 11) is 0. The summed E-state index contributed by atoms with van der Waals surface area (Å²) in [5, 5.41) is 13.8. The quantitative estimate of drug-likeness (QED) is 0.864. The molecule has 2 N–H and O–H groups in total. The Morgan fingerprint density at radius 2 is 1.85 bits per heavy atom. The zero-order valence-electron chi connectivity index (χ0n) is 11.9. The fraction of sp³-hybridized carbons (Fsp3) is 0.294. The van der Waals surface area contributed by atoms with Gasteiger partial charge in [0.2, 0.25) is 0 Å². The van der Waals surface area contributed by atoms with Gasteiger partial charge in [-0.05, 0) is 42.7 Å². The van der Waals surface area contributed by atoms with Gasteiger partial charge in [0.25, 0.3) is 0 Å². The van der Waals surface area contributed by atoms with Crippen molar-refractivity contribution in [3.05, 3.63) is 64.7 Å². The first kappa shape index (κ1) is 14.9. The molecule has 2 aromatic rings. The van der Waals surface area contributed by atoms with Crippen molar-refractivity contribution < 1.29 is 5.11 Å². The van der Waals surface area contributed by atoms with E-state index in [0.29, 0.717) is 5.02 Å². The summed E-state index contributed by atoms with van der Waals surface area (Å²) >= 11 is 6.00. The first-order chi connectivity index (χ1) is 9.57. The number of rotatable bonds is 5. The molecule has 1 unspecified atom stereocenters. The van der Waals surface area contributed by atoms with E-state index in [-0.39, 0.29) is 6.61 Å². The van der Waals surface area contributed by atoms with E-state index < -0.39 is 5.54 Å². The molecule has 3 heteroatoms. The second-order valence-electron chi connectivity index (χ2n) is 5.18. The number of hydrogen-bond donors (Lipinski definition) is 2. The van der Waals surface area contributed by atoms with Crippen LogP contribution in [0.1, 0.15) is 25.0 Å². The minimum absolute atomic E-state index is 0.00495. The van der Waals surface area contributed by atoms with Gasteiger partial charge in [0.1, 0.15) is 0 Å². The van der Waals surface area contributed by atoms with Gasteiger partial charge in [-0.2, -0.15) is 0 Å². The second-order valence-corrected chi connectivity index (χ2v) is 5.61. The number of benzene rings is 2. The molecule has 0 spiro atoms. The molecule has 0 bridgehead atoms. The zero-order valence-corrected chi connectivity index (χ0v) is 12.6. The Labute approximate surface area is 125 Å². The minimum Gasteiger partial charge on any atom is -0.394 e. The Balaban J connectivity index is 2.27. The van der Waals surface area contributed by atoms with Gasteiger partial charge < -0.3 is 10.4 Å². The predicted octanol–water partition coefficient (Wildman–Crippen LogP) is 4.22. The lowest BCUT2D eigenvalue weighted by Crippen LogP contribution is -2.35. The van der Waals surface area contributed by atoms with Crippen LogP contribution in [0.4, 0.5) is 5.69 Å². The SMILES string of the molecule is CCc1ccc(C(C)(CO)Nc2cccc(Cl)c2)cc1. The summed E-state index contributed by atoms with van der Waals surface area (Å²) in [4.78, 5) is 0. The number of aryl methyl sites for hydroxylation is 1. The normalized spacial score (nSPS) is 13.8. The van der Waals surface area contributed by atoms with Crippen LogP contribution in [0.3, 0.4) is 0 Å². The van der Waals surface area contributed by atoms with Gasteiger partial charge in [0.05, 0.1) is 12.1 Å². The molecule has 20 heavy (non-hydrogen) atoms. The summed E-state index contributed by atoms with van der Waals surface area (Å²) in [5.41, 5.74) is 2.71. The molecule has 0 heterocycles. The lowest BCUT2D eigenvalue weighted by atomic mass is 9.91. The molecule has 2 aromatic carbocycles. The van der Waals surface area contributed by atoms with Crippen LogP contribution < -0.4 is 5.32 Å². The van der Waals surface area contributed by atoms with Crippen molar-refractivity contribution in [3.8, 4) is 0 Å². The van der Waals surface area contributed by atoms with E-state index in [2.05, 4.69) is 36.5 Å². The van der Waals surface area contributed by atoms with Gasteiger partial charge >= 0.3 is 0 Å². The van der Waals surface area contributed by atoms with E-state index in [1.165, 1.54) is 5.56 Å². The Morgan fingerprint density at radius 3 is 2.40 bits per heavy atom. The van der Waals surface area contributed by atoms with Crippen molar-refractivity contribution in [2.24, 2.45) is 0 Å². The minimum atomic E-state index is -0.531. The topological polar surface area (TPSA) is 32.3 Å². The van der Waals surface area contributed by atoms with E-state index in [1.807, 2.05) is 31.2 Å². The molecule has 0 aliphatic rings. The van der Waals surface area contributed by atoms with Crippen LogP contribution in [-0.4, -0.2) is 11.7 Å². The molecule has 2 nitrogen and oxygen atoms in total. The number of hydrogen-bond acceptors (Lipinski definition) is 2. The van der Waals surface area contributed by atoms with Crippen LogP contribution in [0, 0.1) is 0 Å². The van der Waals surface area contributed by atoms with Gasteiger partial charge in [-0.25, -0.2) is 0 Å². The number of aliphatic hydroxyl groups is 1. The molecule has 0 radical (unpaired) electrons. The third-order valence-electron chi connectivity index (χ3n) is 3.56. The van der Waals surface area contributed by atoms with Crippen molar-refractivity contribution in [2.45, 2.75) is 25.8 Å². The molecule has 106 valence electrons. The maximum Gasteiger partial charge on any atom is 0.0828 e. The average molecular weight is 290 g/mol. The standard InChI is InChI=1S/C17H20ClNO/c1-3-13-7-9-14(10-8-13)17(2,12-20)19-16-6-4-5-15(18)11-16/h4-11,19-20H,3,12H2,1-2H3. The summed E-state index contributed by atoms with van der Waals surface area (Å²) in [6, 6.07) is 15.8. The molecule has 0 saturated heterocycles. The van der Waals surface area contributed by atoms with Gasteiger partial charge in [0.15, 0.2) is 0 Å². The first-order valence-corrected chi connectivity index (χ1v) is 7.19. The Morgan fingerprint density at radius 1 is 1.15 bits per heavy atom. The Hall–Kier alpha value is -1.51. The van der Waals surface area contributed by atoms with Crippen molar-refractivity contribution in [1.82, 2.24) is 0 Å². The molecule has 0 amide bonds. The first-order valence-electron chi connectivity index (χ1n) is 6.81.